The highest BCUT2D eigenvalue weighted by Crippen LogP contribution is 2.31. The standard InChI is InChI=1S/C25H22F2N4OS/c1-32-24-13-16(5-6-28-24)23-14-29-22-4-2-3-18(25(22)30-23)17-11-20(26)19(21(27)12-17)15-31-7-9-33-10-8-31/h2-6,11-14H,7-10,15H2,1H3. The summed E-state index contributed by atoms with van der Waals surface area (Å²) in [6.45, 7) is 1.96. The van der Waals surface area contributed by atoms with Crippen molar-refractivity contribution in [3.63, 3.8) is 0 Å². The Morgan fingerprint density at radius 1 is 1.00 bits per heavy atom. The topological polar surface area (TPSA) is 51.1 Å². The van der Waals surface area contributed by atoms with Gasteiger partial charge >= 0.3 is 0 Å². The lowest BCUT2D eigenvalue weighted by Crippen LogP contribution is -2.32. The zero-order valence-corrected chi connectivity index (χ0v) is 18.9. The summed E-state index contributed by atoms with van der Waals surface area (Å²) in [5, 5.41) is 0. The molecular formula is C25H22F2N4OS. The maximum absolute atomic E-state index is 15.1. The molecule has 2 aromatic heterocycles. The number of benzene rings is 2. The fraction of sp³-hybridized carbons (Fsp3) is 0.240. The summed E-state index contributed by atoms with van der Waals surface area (Å²) >= 11 is 1.87. The first-order chi connectivity index (χ1) is 16.1. The summed E-state index contributed by atoms with van der Waals surface area (Å²) in [4.78, 5) is 15.5. The van der Waals surface area contributed by atoms with Gasteiger partial charge in [0.15, 0.2) is 0 Å². The molecule has 2 aromatic carbocycles. The van der Waals surface area contributed by atoms with Crippen LogP contribution >= 0.6 is 11.8 Å². The van der Waals surface area contributed by atoms with Gasteiger partial charge in [-0.15, -0.1) is 0 Å². The van der Waals surface area contributed by atoms with E-state index in [9.17, 15) is 0 Å². The number of fused-ring (bicyclic) bond motifs is 1. The van der Waals surface area contributed by atoms with Gasteiger partial charge in [0.25, 0.3) is 0 Å². The van der Waals surface area contributed by atoms with Crippen LogP contribution in [-0.2, 0) is 6.54 Å². The molecule has 1 fully saturated rings. The van der Waals surface area contributed by atoms with Gasteiger partial charge in [-0.05, 0) is 29.8 Å². The van der Waals surface area contributed by atoms with Crippen LogP contribution in [0.1, 0.15) is 5.56 Å². The third-order valence-corrected chi connectivity index (χ3v) is 6.69. The minimum absolute atomic E-state index is 0.113. The molecule has 168 valence electrons. The molecule has 0 spiro atoms. The van der Waals surface area contributed by atoms with Crippen LogP contribution in [-0.4, -0.2) is 51.6 Å². The molecule has 1 saturated heterocycles. The first-order valence-corrected chi connectivity index (χ1v) is 11.8. The Bertz CT molecular complexity index is 1290. The van der Waals surface area contributed by atoms with E-state index in [1.165, 1.54) is 12.1 Å². The summed E-state index contributed by atoms with van der Waals surface area (Å²) in [6.07, 6.45) is 3.30. The Morgan fingerprint density at radius 2 is 1.79 bits per heavy atom. The van der Waals surface area contributed by atoms with Crippen molar-refractivity contribution in [2.75, 3.05) is 31.7 Å². The minimum atomic E-state index is -0.539. The Balaban J connectivity index is 1.55. The number of nitrogens with zero attached hydrogens (tertiary/aromatic N) is 4. The monoisotopic (exact) mass is 464 g/mol. The fourth-order valence-corrected chi connectivity index (χ4v) is 4.96. The van der Waals surface area contributed by atoms with Gasteiger partial charge in [0.1, 0.15) is 11.6 Å². The number of methoxy groups -OCH3 is 1. The first-order valence-electron chi connectivity index (χ1n) is 10.7. The number of pyridine rings is 1. The van der Waals surface area contributed by atoms with Crippen molar-refractivity contribution in [2.24, 2.45) is 0 Å². The summed E-state index contributed by atoms with van der Waals surface area (Å²) in [6, 6.07) is 11.8. The fourth-order valence-electron chi connectivity index (χ4n) is 3.98. The van der Waals surface area contributed by atoms with Crippen LogP contribution < -0.4 is 4.74 Å². The molecule has 0 bridgehead atoms. The van der Waals surface area contributed by atoms with Crippen molar-refractivity contribution >= 4 is 22.8 Å². The van der Waals surface area contributed by atoms with Crippen molar-refractivity contribution < 1.29 is 13.5 Å². The highest BCUT2D eigenvalue weighted by molar-refractivity contribution is 7.99. The van der Waals surface area contributed by atoms with Crippen LogP contribution in [0, 0.1) is 11.6 Å². The van der Waals surface area contributed by atoms with Gasteiger partial charge in [0.05, 0.1) is 30.0 Å². The second kappa shape index (κ2) is 9.41. The number of para-hydroxylation sites is 1. The summed E-state index contributed by atoms with van der Waals surface area (Å²) in [5.74, 6) is 1.37. The summed E-state index contributed by atoms with van der Waals surface area (Å²) in [7, 11) is 1.55. The van der Waals surface area contributed by atoms with Gasteiger partial charge in [-0.25, -0.2) is 18.7 Å². The van der Waals surface area contributed by atoms with E-state index in [4.69, 9.17) is 9.72 Å². The Hall–Kier alpha value is -3.10. The van der Waals surface area contributed by atoms with Crippen LogP contribution in [0.15, 0.2) is 54.9 Å². The van der Waals surface area contributed by atoms with E-state index in [2.05, 4.69) is 14.9 Å². The second-order valence-corrected chi connectivity index (χ2v) is 9.05. The molecule has 1 aliphatic rings. The number of thioether (sulfide) groups is 1. The molecule has 0 N–H and O–H groups in total. The molecule has 0 amide bonds. The molecule has 8 heteroatoms. The Labute approximate surface area is 194 Å². The van der Waals surface area contributed by atoms with Crippen LogP contribution in [0.2, 0.25) is 0 Å². The molecule has 5 rings (SSSR count). The summed E-state index contributed by atoms with van der Waals surface area (Å²) < 4.78 is 35.3. The van der Waals surface area contributed by atoms with E-state index in [1.54, 1.807) is 25.6 Å². The maximum Gasteiger partial charge on any atom is 0.213 e. The van der Waals surface area contributed by atoms with Crippen molar-refractivity contribution in [1.29, 1.82) is 0 Å². The van der Waals surface area contributed by atoms with Crippen molar-refractivity contribution in [1.82, 2.24) is 19.9 Å². The molecule has 4 aromatic rings. The lowest BCUT2D eigenvalue weighted by molar-refractivity contribution is 0.284. The molecule has 5 nitrogen and oxygen atoms in total. The minimum Gasteiger partial charge on any atom is -0.481 e. The van der Waals surface area contributed by atoms with Crippen molar-refractivity contribution in [3.8, 4) is 28.3 Å². The molecule has 33 heavy (non-hydrogen) atoms. The van der Waals surface area contributed by atoms with Gasteiger partial charge in [-0.1, -0.05) is 12.1 Å². The maximum atomic E-state index is 15.1. The van der Waals surface area contributed by atoms with Gasteiger partial charge in [-0.3, -0.25) is 9.88 Å². The van der Waals surface area contributed by atoms with Crippen molar-refractivity contribution in [2.45, 2.75) is 6.54 Å². The molecular weight excluding hydrogens is 442 g/mol. The van der Waals surface area contributed by atoms with Crippen LogP contribution in [0.3, 0.4) is 0 Å². The highest BCUT2D eigenvalue weighted by Gasteiger charge is 2.19. The van der Waals surface area contributed by atoms with Crippen LogP contribution in [0.25, 0.3) is 33.4 Å². The number of hydrogen-bond donors (Lipinski definition) is 0. The first kappa shape index (κ1) is 21.7. The van der Waals surface area contributed by atoms with Gasteiger partial charge in [0, 0.05) is 60.1 Å². The number of halogens is 2. The third-order valence-electron chi connectivity index (χ3n) is 5.75. The predicted molar refractivity (Wildman–Crippen MR) is 127 cm³/mol. The molecule has 0 radical (unpaired) electrons. The van der Waals surface area contributed by atoms with Crippen LogP contribution in [0.5, 0.6) is 5.88 Å². The molecule has 0 atom stereocenters. The van der Waals surface area contributed by atoms with E-state index in [0.717, 1.165) is 30.2 Å². The van der Waals surface area contributed by atoms with E-state index in [-0.39, 0.29) is 12.1 Å². The van der Waals surface area contributed by atoms with Gasteiger partial charge in [-0.2, -0.15) is 11.8 Å². The van der Waals surface area contributed by atoms with E-state index in [1.807, 2.05) is 36.0 Å². The zero-order chi connectivity index (χ0) is 22.8. The zero-order valence-electron chi connectivity index (χ0n) is 18.1. The SMILES string of the molecule is COc1cc(-c2cnc3cccc(-c4cc(F)c(CN5CCSCC5)c(F)c4)c3n2)ccn1. The Kier molecular flexibility index (Phi) is 6.20. The smallest absolute Gasteiger partial charge is 0.213 e. The lowest BCUT2D eigenvalue weighted by atomic mass is 10.0. The van der Waals surface area contributed by atoms with E-state index in [0.29, 0.717) is 33.7 Å². The second-order valence-electron chi connectivity index (χ2n) is 7.82. The molecule has 0 aliphatic carbocycles. The molecule has 0 unspecified atom stereocenters. The molecule has 0 saturated carbocycles. The highest BCUT2D eigenvalue weighted by atomic mass is 32.2. The quantitative estimate of drug-likeness (QED) is 0.405. The van der Waals surface area contributed by atoms with Gasteiger partial charge < -0.3 is 4.74 Å². The average molecular weight is 465 g/mol. The normalized spacial score (nSPS) is 14.5. The lowest BCUT2D eigenvalue weighted by Gasteiger charge is -2.26. The predicted octanol–water partition coefficient (Wildman–Crippen LogP) is 5.19. The number of ether oxygens (including phenoxy) is 1. The Morgan fingerprint density at radius 3 is 2.55 bits per heavy atom. The van der Waals surface area contributed by atoms with Crippen molar-refractivity contribution in [3.05, 3.63) is 72.1 Å². The third kappa shape index (κ3) is 4.54. The van der Waals surface area contributed by atoms with E-state index >= 15 is 8.78 Å². The number of hydrogen-bond acceptors (Lipinski definition) is 6. The van der Waals surface area contributed by atoms with Gasteiger partial charge in [0.2, 0.25) is 5.88 Å². The largest absolute Gasteiger partial charge is 0.481 e. The average Bonchev–Trinajstić information content (AvgIpc) is 2.86. The number of aromatic nitrogens is 3. The molecule has 1 aliphatic heterocycles. The summed E-state index contributed by atoms with van der Waals surface area (Å²) in [5.41, 5.74) is 3.81. The number of rotatable bonds is 5. The molecule has 3 heterocycles. The van der Waals surface area contributed by atoms with E-state index < -0.39 is 11.6 Å². The van der Waals surface area contributed by atoms with Crippen LogP contribution in [0.4, 0.5) is 8.78 Å².